The van der Waals surface area contributed by atoms with E-state index in [1.54, 1.807) is 0 Å². The first-order valence-electron chi connectivity index (χ1n) is 24.3. The molecule has 31 heteroatoms. The number of hydrogen-bond acceptors (Lipinski definition) is 29. The molecule has 0 spiro atoms. The lowest BCUT2D eigenvalue weighted by molar-refractivity contribution is -0.391. The smallest absolute Gasteiger partial charge is 0.364 e. The molecule has 5 saturated heterocycles. The molecular formula is C43H76N2O29. The van der Waals surface area contributed by atoms with Crippen LogP contribution < -0.4 is 11.5 Å². The molecule has 5 heterocycles. The maximum Gasteiger partial charge on any atom is 0.364 e. The van der Waals surface area contributed by atoms with Crippen LogP contribution >= 0.6 is 0 Å². The summed E-state index contributed by atoms with van der Waals surface area (Å²) < 4.78 is 58.1. The van der Waals surface area contributed by atoms with E-state index in [1.807, 2.05) is 6.92 Å². The molecule has 0 amide bonds. The first kappa shape index (κ1) is 62.7. The molecule has 5 rings (SSSR count). The fourth-order valence-electron chi connectivity index (χ4n) is 9.44. The van der Waals surface area contributed by atoms with Crippen molar-refractivity contribution in [3.8, 4) is 0 Å². The molecule has 0 radical (unpaired) electrons. The van der Waals surface area contributed by atoms with E-state index in [2.05, 4.69) is 0 Å². The van der Waals surface area contributed by atoms with E-state index in [-0.39, 0.29) is 6.61 Å². The summed E-state index contributed by atoms with van der Waals surface area (Å²) in [4.78, 5) is 25.9. The van der Waals surface area contributed by atoms with Crippen LogP contribution in [0.25, 0.3) is 0 Å². The number of carboxylic acid groups (broad SMARTS) is 2. The van der Waals surface area contributed by atoms with E-state index in [1.165, 1.54) is 6.92 Å². The van der Waals surface area contributed by atoms with Crippen LogP contribution in [0, 0.1) is 5.92 Å². The van der Waals surface area contributed by atoms with Crippen LogP contribution in [0.1, 0.15) is 52.4 Å². The van der Waals surface area contributed by atoms with Gasteiger partial charge >= 0.3 is 11.9 Å². The second-order valence-electron chi connectivity index (χ2n) is 19.3. The van der Waals surface area contributed by atoms with Crippen LogP contribution in [0.4, 0.5) is 0 Å². The Balaban J connectivity index is 1.50. The van der Waals surface area contributed by atoms with E-state index in [9.17, 15) is 96.4 Å². The Hall–Kier alpha value is -2.14. The number of carboxylic acids is 2. The Morgan fingerprint density at radius 1 is 0.608 bits per heavy atom. The van der Waals surface area contributed by atoms with Crippen molar-refractivity contribution in [2.75, 3.05) is 39.6 Å². The second-order valence-corrected chi connectivity index (χ2v) is 19.3. The third-order valence-electron chi connectivity index (χ3n) is 14.0. The number of ether oxygens (including phenoxy) is 10. The lowest BCUT2D eigenvalue weighted by Gasteiger charge is -2.51. The molecule has 0 aromatic rings. The highest BCUT2D eigenvalue weighted by Gasteiger charge is 2.61. The molecular weight excluding hydrogens is 1010 g/mol. The predicted octanol–water partition coefficient (Wildman–Crippen LogP) is -9.70. The van der Waals surface area contributed by atoms with Gasteiger partial charge < -0.3 is 146 Å². The summed E-state index contributed by atoms with van der Waals surface area (Å²) >= 11 is 0. The molecule has 5 fully saturated rings. The Bertz CT molecular complexity index is 1750. The summed E-state index contributed by atoms with van der Waals surface area (Å²) in [7, 11) is 0. The molecule has 74 heavy (non-hydrogen) atoms. The number of nitrogens with two attached hydrogens (primary N) is 2. The highest BCUT2D eigenvalue weighted by atomic mass is 16.8. The minimum Gasteiger partial charge on any atom is -0.477 e. The summed E-state index contributed by atoms with van der Waals surface area (Å²) in [5.41, 5.74) is 12.0. The van der Waals surface area contributed by atoms with Crippen molar-refractivity contribution in [1.82, 2.24) is 0 Å². The quantitative estimate of drug-likeness (QED) is 0.0378. The maximum absolute atomic E-state index is 13.0. The number of aliphatic hydroxyl groups is 15. The molecule has 0 aromatic heterocycles. The van der Waals surface area contributed by atoms with Gasteiger partial charge in [-0.15, -0.1) is 0 Å². The standard InChI is InChI=1S/C43H76N2O29/c1-3-4-5-6-7-65-38-30(59)35(27(56)20(12-48)67-38)71-37-15(2)32(29(58)22(69-37)14-66-42(40(61)62)8-16(50)23(44)33(72-42)25(54)18(52)10-46)70-39-31(60)36(28(57)21(13-49)68-39)74-43(41(63)64)9-17(51)24(45)34(73-43)26(55)19(53)11-47/h15-39,46-60H,3-14,44-45H2,1-2H3,(H,61,62)(H,63,64)/t15-,16+,17-,18+,19+,20?,21?,22?,23+,24-,25+,26+,27-,28-,29+,30-,31-,32?,33?,34?,35?,36?,37-,38+,39-,42+,43+/m0/s1. The van der Waals surface area contributed by atoms with Crippen LogP contribution in [0.2, 0.25) is 0 Å². The van der Waals surface area contributed by atoms with Crippen molar-refractivity contribution >= 4 is 11.9 Å². The number of carbonyl (C=O) groups is 2. The van der Waals surface area contributed by atoms with Crippen molar-refractivity contribution in [2.24, 2.45) is 17.4 Å². The van der Waals surface area contributed by atoms with Crippen LogP contribution in [-0.4, -0.2) is 297 Å². The lowest BCUT2D eigenvalue weighted by Crippen LogP contribution is -2.70. The third-order valence-corrected chi connectivity index (χ3v) is 14.0. The third kappa shape index (κ3) is 13.6. The van der Waals surface area contributed by atoms with Gasteiger partial charge in [-0.05, 0) is 6.42 Å². The van der Waals surface area contributed by atoms with Crippen LogP contribution in [-0.2, 0) is 57.0 Å². The minimum absolute atomic E-state index is 0.0749. The van der Waals surface area contributed by atoms with Gasteiger partial charge in [-0.3, -0.25) is 0 Å². The summed E-state index contributed by atoms with van der Waals surface area (Å²) in [5, 5.41) is 182. The van der Waals surface area contributed by atoms with Gasteiger partial charge in [0.2, 0.25) is 0 Å². The van der Waals surface area contributed by atoms with Crippen molar-refractivity contribution < 1.29 is 144 Å². The van der Waals surface area contributed by atoms with Crippen LogP contribution in [0.15, 0.2) is 0 Å². The molecule has 27 atom stereocenters. The minimum atomic E-state index is -3.11. The molecule has 432 valence electrons. The monoisotopic (exact) mass is 1080 g/mol. The largest absolute Gasteiger partial charge is 0.477 e. The number of rotatable bonds is 25. The number of aliphatic hydroxyl groups excluding tert-OH is 15. The van der Waals surface area contributed by atoms with Gasteiger partial charge in [0.25, 0.3) is 11.6 Å². The Morgan fingerprint density at radius 2 is 1.07 bits per heavy atom. The molecule has 5 aliphatic heterocycles. The van der Waals surface area contributed by atoms with Crippen molar-refractivity contribution in [3.05, 3.63) is 0 Å². The fraction of sp³-hybridized carbons (Fsp3) is 0.953. The van der Waals surface area contributed by atoms with E-state index < -0.39 is 222 Å². The molecule has 0 saturated carbocycles. The maximum atomic E-state index is 13.0. The second kappa shape index (κ2) is 27.2. The van der Waals surface area contributed by atoms with Crippen molar-refractivity contribution in [2.45, 2.75) is 211 Å². The zero-order chi connectivity index (χ0) is 55.1. The average molecular weight is 1090 g/mol. The molecule has 31 nitrogen and oxygen atoms in total. The van der Waals surface area contributed by atoms with Gasteiger partial charge in [-0.1, -0.05) is 33.1 Å². The Morgan fingerprint density at radius 3 is 1.58 bits per heavy atom. The molecule has 0 aromatic carbocycles. The van der Waals surface area contributed by atoms with E-state index >= 15 is 0 Å². The molecule has 5 aliphatic rings. The molecule has 21 N–H and O–H groups in total. The summed E-state index contributed by atoms with van der Waals surface area (Å²) in [6.45, 7) is -1.73. The summed E-state index contributed by atoms with van der Waals surface area (Å²) in [5.74, 6) is -11.4. The van der Waals surface area contributed by atoms with Gasteiger partial charge in [0.05, 0.1) is 63.4 Å². The summed E-state index contributed by atoms with van der Waals surface area (Å²) in [6.07, 6.45) is -41.3. The number of aliphatic carboxylic acids is 2. The normalized spacial score (nSPS) is 44.8. The molecule has 0 aliphatic carbocycles. The van der Waals surface area contributed by atoms with Crippen LogP contribution in [0.3, 0.4) is 0 Å². The van der Waals surface area contributed by atoms with Gasteiger partial charge in [-0.25, -0.2) is 9.59 Å². The van der Waals surface area contributed by atoms with Gasteiger partial charge in [0.1, 0.15) is 97.7 Å². The average Bonchev–Trinajstić information content (AvgIpc) is 3.37. The van der Waals surface area contributed by atoms with Gasteiger partial charge in [0, 0.05) is 25.4 Å². The van der Waals surface area contributed by atoms with E-state index in [0.717, 1.165) is 19.3 Å². The fourth-order valence-corrected chi connectivity index (χ4v) is 9.44. The SMILES string of the molecule is CCCCCCO[C@@H]1OC(CO)[C@H](O)C(O[C@@H]2OC(CO[C@]3(C(=O)O)C[C@@H](O)[C@@H](N)C([C@H](O)[C@H](O)CO)O3)[C@@H](O)C(O[C@@H]3OC(CO)[C@H](O)C(O[C@@]4(C(=O)O)C[C@H](O)[C@H](N)C([C@H](O)[C@H](O)CO)O4)[C@@H]3O)[C@@H]2C)[C@@H]1O. The highest BCUT2D eigenvalue weighted by Crippen LogP contribution is 2.41. The molecule has 8 unspecified atom stereocenters. The highest BCUT2D eigenvalue weighted by molar-refractivity contribution is 5.76. The zero-order valence-electron chi connectivity index (χ0n) is 40.6. The Labute approximate surface area is 423 Å². The topological polar surface area (TPSA) is 522 Å². The lowest BCUT2D eigenvalue weighted by atomic mass is 9.88. The van der Waals surface area contributed by atoms with Gasteiger partial charge in [0.15, 0.2) is 18.9 Å². The van der Waals surface area contributed by atoms with E-state index in [0.29, 0.717) is 6.42 Å². The van der Waals surface area contributed by atoms with Crippen LogP contribution in [0.5, 0.6) is 0 Å². The predicted molar refractivity (Wildman–Crippen MR) is 236 cm³/mol. The Kier molecular flexibility index (Phi) is 23.0. The number of unbranched alkanes of at least 4 members (excludes halogenated alkanes) is 3. The first-order valence-corrected chi connectivity index (χ1v) is 24.3. The van der Waals surface area contributed by atoms with Gasteiger partial charge in [-0.2, -0.15) is 0 Å². The van der Waals surface area contributed by atoms with E-state index in [4.69, 9.17) is 58.8 Å². The summed E-state index contributed by atoms with van der Waals surface area (Å²) in [6, 6.07) is -3.16. The first-order chi connectivity index (χ1) is 34.9. The number of hydrogen-bond donors (Lipinski definition) is 19. The van der Waals surface area contributed by atoms with Crippen molar-refractivity contribution in [1.29, 1.82) is 0 Å². The zero-order valence-corrected chi connectivity index (χ0v) is 40.6. The van der Waals surface area contributed by atoms with Crippen molar-refractivity contribution in [3.63, 3.8) is 0 Å². The molecule has 0 bridgehead atoms.